The summed E-state index contributed by atoms with van der Waals surface area (Å²) in [4.78, 5) is 14.5. The summed E-state index contributed by atoms with van der Waals surface area (Å²) in [5.41, 5.74) is 1.66. The van der Waals surface area contributed by atoms with Crippen LogP contribution in [0, 0.1) is 6.92 Å². The Balaban J connectivity index is 1.61. The van der Waals surface area contributed by atoms with Crippen molar-refractivity contribution in [3.8, 4) is 0 Å². The minimum Gasteiger partial charge on any atom is -0.374 e. The van der Waals surface area contributed by atoms with Crippen LogP contribution in [0.25, 0.3) is 0 Å². The summed E-state index contributed by atoms with van der Waals surface area (Å²) in [6, 6.07) is 11.0. The molecular weight excluding hydrogens is 380 g/mol. The van der Waals surface area contributed by atoms with Crippen molar-refractivity contribution in [2.45, 2.75) is 37.1 Å². The van der Waals surface area contributed by atoms with Gasteiger partial charge in [0.05, 0.1) is 30.9 Å². The number of aromatic nitrogens is 2. The van der Waals surface area contributed by atoms with Gasteiger partial charge in [-0.3, -0.25) is 9.48 Å². The van der Waals surface area contributed by atoms with Crippen LogP contribution >= 0.6 is 0 Å². The number of amides is 1. The van der Waals surface area contributed by atoms with Gasteiger partial charge in [-0.15, -0.1) is 0 Å². The molecular formula is C19H24N4O4S. The molecule has 2 aliphatic heterocycles. The summed E-state index contributed by atoms with van der Waals surface area (Å²) in [6.45, 7) is 2.97. The highest BCUT2D eigenvalue weighted by molar-refractivity contribution is 7.89. The fourth-order valence-electron chi connectivity index (χ4n) is 3.95. The monoisotopic (exact) mass is 404 g/mol. The standard InChI is InChI=1S/C19H24N4O4S/c1-14-10-19(21(2)20-14)28(25,26)22-12-16-17(13-22)27-9-8-18(24)23(16)11-15-6-4-3-5-7-15/h3-7,10,16-17H,8-9,11-13H2,1-2H3/t16-,17-/m0/s1. The van der Waals surface area contributed by atoms with E-state index in [1.54, 1.807) is 24.9 Å². The van der Waals surface area contributed by atoms with Crippen LogP contribution < -0.4 is 0 Å². The summed E-state index contributed by atoms with van der Waals surface area (Å²) in [7, 11) is -2.10. The molecule has 2 fully saturated rings. The van der Waals surface area contributed by atoms with Gasteiger partial charge in [-0.2, -0.15) is 9.40 Å². The predicted molar refractivity (Wildman–Crippen MR) is 102 cm³/mol. The number of rotatable bonds is 4. The lowest BCUT2D eigenvalue weighted by atomic mass is 10.1. The molecule has 2 aliphatic rings. The maximum atomic E-state index is 13.2. The molecule has 0 aliphatic carbocycles. The molecule has 1 amide bonds. The van der Waals surface area contributed by atoms with Crippen LogP contribution in [0.4, 0.5) is 0 Å². The minimum atomic E-state index is -3.72. The molecule has 8 nitrogen and oxygen atoms in total. The molecule has 9 heteroatoms. The molecule has 150 valence electrons. The number of benzene rings is 1. The van der Waals surface area contributed by atoms with Crippen molar-refractivity contribution in [2.24, 2.45) is 7.05 Å². The second-order valence-corrected chi connectivity index (χ2v) is 9.19. The number of ether oxygens (including phenoxy) is 1. The Hall–Kier alpha value is -2.23. The van der Waals surface area contributed by atoms with Gasteiger partial charge >= 0.3 is 0 Å². The lowest BCUT2D eigenvalue weighted by Gasteiger charge is -2.29. The van der Waals surface area contributed by atoms with Gasteiger partial charge in [-0.05, 0) is 18.6 Å². The van der Waals surface area contributed by atoms with Crippen molar-refractivity contribution in [3.63, 3.8) is 0 Å². The third-order valence-corrected chi connectivity index (χ3v) is 7.22. The maximum absolute atomic E-state index is 13.2. The predicted octanol–water partition coefficient (Wildman–Crippen LogP) is 0.919. The van der Waals surface area contributed by atoms with Crippen LogP contribution in [0.1, 0.15) is 17.7 Å². The van der Waals surface area contributed by atoms with E-state index in [2.05, 4.69) is 5.10 Å². The molecule has 0 saturated carbocycles. The van der Waals surface area contributed by atoms with Crippen LogP contribution in [0.15, 0.2) is 41.4 Å². The van der Waals surface area contributed by atoms with Crippen molar-refractivity contribution in [1.29, 1.82) is 0 Å². The zero-order chi connectivity index (χ0) is 19.9. The molecule has 0 bridgehead atoms. The van der Waals surface area contributed by atoms with Crippen LogP contribution in [-0.2, 0) is 33.1 Å². The highest BCUT2D eigenvalue weighted by Crippen LogP contribution is 2.29. The van der Waals surface area contributed by atoms with Crippen molar-refractivity contribution < 1.29 is 17.9 Å². The molecule has 0 unspecified atom stereocenters. The van der Waals surface area contributed by atoms with Crippen LogP contribution in [0.3, 0.4) is 0 Å². The van der Waals surface area contributed by atoms with Crippen LogP contribution in [-0.4, -0.2) is 65.2 Å². The van der Waals surface area contributed by atoms with Crippen molar-refractivity contribution >= 4 is 15.9 Å². The van der Waals surface area contributed by atoms with E-state index in [0.717, 1.165) is 5.56 Å². The molecule has 3 heterocycles. The first kappa shape index (κ1) is 19.1. The average Bonchev–Trinajstić information content (AvgIpc) is 3.20. The third-order valence-electron chi connectivity index (χ3n) is 5.33. The van der Waals surface area contributed by atoms with Gasteiger partial charge in [0.15, 0.2) is 5.03 Å². The van der Waals surface area contributed by atoms with Gasteiger partial charge < -0.3 is 9.64 Å². The van der Waals surface area contributed by atoms with Gasteiger partial charge in [0.1, 0.15) is 0 Å². The van der Waals surface area contributed by atoms with E-state index < -0.39 is 10.0 Å². The Labute approximate surface area is 164 Å². The number of sulfonamides is 1. The lowest BCUT2D eigenvalue weighted by Crippen LogP contribution is -2.45. The smallest absolute Gasteiger partial charge is 0.260 e. The largest absolute Gasteiger partial charge is 0.374 e. The molecule has 2 aromatic rings. The Morgan fingerprint density at radius 2 is 1.96 bits per heavy atom. The first-order chi connectivity index (χ1) is 13.4. The quantitative estimate of drug-likeness (QED) is 0.757. The van der Waals surface area contributed by atoms with E-state index in [1.807, 2.05) is 30.3 Å². The number of hydrogen-bond acceptors (Lipinski definition) is 5. The van der Waals surface area contributed by atoms with E-state index in [0.29, 0.717) is 25.3 Å². The fraction of sp³-hybridized carbons (Fsp3) is 0.474. The highest BCUT2D eigenvalue weighted by atomic mass is 32.2. The normalized spacial score (nSPS) is 23.6. The number of hydrogen-bond donors (Lipinski definition) is 0. The van der Waals surface area contributed by atoms with Crippen molar-refractivity contribution in [3.05, 3.63) is 47.7 Å². The Bertz CT molecular complexity index is 973. The van der Waals surface area contributed by atoms with Gasteiger partial charge in [-0.1, -0.05) is 30.3 Å². The van der Waals surface area contributed by atoms with E-state index in [1.165, 1.54) is 8.99 Å². The number of nitrogens with zero attached hydrogens (tertiary/aromatic N) is 4. The average molecular weight is 404 g/mol. The molecule has 0 radical (unpaired) electrons. The molecule has 28 heavy (non-hydrogen) atoms. The molecule has 0 N–H and O–H groups in total. The van der Waals surface area contributed by atoms with Gasteiger partial charge in [0, 0.05) is 26.7 Å². The first-order valence-corrected chi connectivity index (χ1v) is 10.8. The third kappa shape index (κ3) is 3.45. The topological polar surface area (TPSA) is 84.7 Å². The Kier molecular flexibility index (Phi) is 4.98. The number of fused-ring (bicyclic) bond motifs is 1. The zero-order valence-corrected chi connectivity index (χ0v) is 16.8. The zero-order valence-electron chi connectivity index (χ0n) is 16.0. The summed E-state index contributed by atoms with van der Waals surface area (Å²) in [6.07, 6.45) is -0.0210. The SMILES string of the molecule is Cc1cc(S(=O)(=O)N2C[C@@H]3OCCC(=O)N(Cc4ccccc4)[C@H]3C2)n(C)n1. The molecule has 2 saturated heterocycles. The molecule has 0 spiro atoms. The molecule has 1 aromatic heterocycles. The molecule has 1 aromatic carbocycles. The number of carbonyl (C=O) groups is 1. The summed E-state index contributed by atoms with van der Waals surface area (Å²) in [5.74, 6) is -0.00743. The van der Waals surface area contributed by atoms with E-state index in [-0.39, 0.29) is 36.2 Å². The van der Waals surface area contributed by atoms with Gasteiger partial charge in [0.25, 0.3) is 10.0 Å². The van der Waals surface area contributed by atoms with E-state index in [9.17, 15) is 13.2 Å². The minimum absolute atomic E-state index is 0.00743. The second-order valence-electron chi connectivity index (χ2n) is 7.30. The van der Waals surface area contributed by atoms with Gasteiger partial charge in [0.2, 0.25) is 5.91 Å². The van der Waals surface area contributed by atoms with E-state index >= 15 is 0 Å². The Morgan fingerprint density at radius 3 is 2.64 bits per heavy atom. The summed E-state index contributed by atoms with van der Waals surface area (Å²) < 4.78 is 35.0. The first-order valence-electron chi connectivity index (χ1n) is 9.32. The van der Waals surface area contributed by atoms with Crippen LogP contribution in [0.2, 0.25) is 0 Å². The highest BCUT2D eigenvalue weighted by Gasteiger charge is 2.46. The van der Waals surface area contributed by atoms with E-state index in [4.69, 9.17) is 4.74 Å². The van der Waals surface area contributed by atoms with Crippen LogP contribution in [0.5, 0.6) is 0 Å². The molecule has 2 atom stereocenters. The summed E-state index contributed by atoms with van der Waals surface area (Å²) >= 11 is 0. The summed E-state index contributed by atoms with van der Waals surface area (Å²) in [5, 5.41) is 4.31. The lowest BCUT2D eigenvalue weighted by molar-refractivity contribution is -0.133. The van der Waals surface area contributed by atoms with Crippen molar-refractivity contribution in [2.75, 3.05) is 19.7 Å². The Morgan fingerprint density at radius 1 is 1.21 bits per heavy atom. The molecule has 4 rings (SSSR count). The number of aryl methyl sites for hydroxylation is 2. The maximum Gasteiger partial charge on any atom is 0.260 e. The second kappa shape index (κ2) is 7.31. The number of carbonyl (C=O) groups excluding carboxylic acids is 1. The van der Waals surface area contributed by atoms with Crippen molar-refractivity contribution in [1.82, 2.24) is 19.0 Å². The van der Waals surface area contributed by atoms with Gasteiger partial charge in [-0.25, -0.2) is 8.42 Å². The fourth-order valence-corrected chi connectivity index (χ4v) is 5.61.